The molecule has 0 saturated carbocycles. The lowest BCUT2D eigenvalue weighted by atomic mass is 10.1. The molecule has 0 aliphatic rings. The minimum absolute atomic E-state index is 0.0702. The molecule has 0 fully saturated rings. The van der Waals surface area contributed by atoms with E-state index >= 15 is 0 Å². The number of ether oxygens (including phenoxy) is 1. The normalized spacial score (nSPS) is 11.5. The first-order chi connectivity index (χ1) is 12.7. The number of benzene rings is 2. The highest BCUT2D eigenvalue weighted by Crippen LogP contribution is 2.29. The van der Waals surface area contributed by atoms with Crippen LogP contribution in [0.3, 0.4) is 0 Å². The minimum atomic E-state index is -3.96. The van der Waals surface area contributed by atoms with Gasteiger partial charge in [-0.25, -0.2) is 8.42 Å². The van der Waals surface area contributed by atoms with Gasteiger partial charge in [-0.15, -0.1) is 0 Å². The predicted molar refractivity (Wildman–Crippen MR) is 107 cm³/mol. The van der Waals surface area contributed by atoms with Crippen LogP contribution in [0.4, 0.5) is 5.69 Å². The molecule has 8 heteroatoms. The Labute approximate surface area is 165 Å². The number of aryl methyl sites for hydroxylation is 2. The zero-order chi connectivity index (χ0) is 20.2. The first kappa shape index (κ1) is 21.2. The molecule has 0 radical (unpaired) electrons. The average molecular weight is 411 g/mol. The summed E-state index contributed by atoms with van der Waals surface area (Å²) in [5.41, 5.74) is 2.50. The van der Waals surface area contributed by atoms with E-state index in [9.17, 15) is 13.2 Å². The average Bonchev–Trinajstić information content (AvgIpc) is 2.60. The van der Waals surface area contributed by atoms with Gasteiger partial charge in [-0.3, -0.25) is 4.79 Å². The Balaban J connectivity index is 2.23. The fraction of sp³-hybridized carbons (Fsp3) is 0.316. The number of carbonyl (C=O) groups excluding carboxylic acids is 1. The number of nitrogens with zero attached hydrogens (tertiary/aromatic N) is 1. The standard InChI is InChI=1S/C19H23ClN2O4S/c1-5-26-16-10-9-15(20)11-17(16)27(24,25)22(4)12-18(23)21-19-13(2)7-6-8-14(19)3/h6-11H,5,12H2,1-4H3,(H,21,23). The molecule has 0 aliphatic carbocycles. The van der Waals surface area contributed by atoms with Crippen LogP contribution in [0.15, 0.2) is 41.3 Å². The minimum Gasteiger partial charge on any atom is -0.492 e. The van der Waals surface area contributed by atoms with Gasteiger partial charge in [0.1, 0.15) is 10.6 Å². The Morgan fingerprint density at radius 3 is 2.41 bits per heavy atom. The first-order valence-electron chi connectivity index (χ1n) is 8.41. The van der Waals surface area contributed by atoms with E-state index in [1.165, 1.54) is 19.2 Å². The highest BCUT2D eigenvalue weighted by molar-refractivity contribution is 7.89. The second-order valence-electron chi connectivity index (χ2n) is 6.10. The number of sulfonamides is 1. The van der Waals surface area contributed by atoms with Crippen LogP contribution in [0.25, 0.3) is 0 Å². The van der Waals surface area contributed by atoms with Crippen LogP contribution in [0.1, 0.15) is 18.1 Å². The second-order valence-corrected chi connectivity index (χ2v) is 8.55. The summed E-state index contributed by atoms with van der Waals surface area (Å²) < 4.78 is 32.2. The Hall–Kier alpha value is -2.09. The topological polar surface area (TPSA) is 75.7 Å². The predicted octanol–water partition coefficient (Wildman–Crippen LogP) is 3.61. The van der Waals surface area contributed by atoms with E-state index in [-0.39, 0.29) is 22.2 Å². The number of amides is 1. The summed E-state index contributed by atoms with van der Waals surface area (Å²) in [5, 5.41) is 3.05. The van der Waals surface area contributed by atoms with Crippen molar-refractivity contribution in [2.24, 2.45) is 0 Å². The largest absolute Gasteiger partial charge is 0.492 e. The maximum atomic E-state index is 12.9. The summed E-state index contributed by atoms with van der Waals surface area (Å²) in [4.78, 5) is 12.3. The number of para-hydroxylation sites is 1. The molecule has 2 rings (SSSR count). The molecule has 6 nitrogen and oxygen atoms in total. The summed E-state index contributed by atoms with van der Waals surface area (Å²) in [5.74, 6) is -0.234. The van der Waals surface area contributed by atoms with Crippen molar-refractivity contribution in [3.8, 4) is 5.75 Å². The molecule has 0 saturated heterocycles. The molecule has 2 aromatic rings. The first-order valence-corrected chi connectivity index (χ1v) is 10.2. The molecular formula is C19H23ClN2O4S. The Morgan fingerprint density at radius 1 is 1.19 bits per heavy atom. The summed E-state index contributed by atoms with van der Waals surface area (Å²) in [7, 11) is -2.62. The number of carbonyl (C=O) groups is 1. The number of rotatable bonds is 7. The van der Waals surface area contributed by atoms with Gasteiger partial charge in [0.15, 0.2) is 0 Å². The van der Waals surface area contributed by atoms with E-state index in [2.05, 4.69) is 5.32 Å². The van der Waals surface area contributed by atoms with Gasteiger partial charge in [0.05, 0.1) is 13.2 Å². The molecule has 0 heterocycles. The van der Waals surface area contributed by atoms with Crippen molar-refractivity contribution in [2.75, 3.05) is 25.5 Å². The molecule has 0 spiro atoms. The van der Waals surface area contributed by atoms with Crippen LogP contribution in [-0.4, -0.2) is 38.8 Å². The lowest BCUT2D eigenvalue weighted by molar-refractivity contribution is -0.116. The molecule has 146 valence electrons. The van der Waals surface area contributed by atoms with Gasteiger partial charge in [-0.2, -0.15) is 4.31 Å². The number of hydrogen-bond acceptors (Lipinski definition) is 4. The van der Waals surface area contributed by atoms with E-state index in [0.717, 1.165) is 15.4 Å². The van der Waals surface area contributed by atoms with Gasteiger partial charge in [0.2, 0.25) is 15.9 Å². The van der Waals surface area contributed by atoms with E-state index in [4.69, 9.17) is 16.3 Å². The van der Waals surface area contributed by atoms with Crippen LogP contribution < -0.4 is 10.1 Å². The van der Waals surface area contributed by atoms with E-state index in [0.29, 0.717) is 12.3 Å². The van der Waals surface area contributed by atoms with Crippen molar-refractivity contribution in [3.63, 3.8) is 0 Å². The molecule has 27 heavy (non-hydrogen) atoms. The Kier molecular flexibility index (Phi) is 6.86. The number of anilines is 1. The summed E-state index contributed by atoms with van der Waals surface area (Å²) in [6.07, 6.45) is 0. The molecular weight excluding hydrogens is 388 g/mol. The molecule has 0 aromatic heterocycles. The highest BCUT2D eigenvalue weighted by Gasteiger charge is 2.27. The van der Waals surface area contributed by atoms with Gasteiger partial charge in [0.25, 0.3) is 0 Å². The van der Waals surface area contributed by atoms with Gasteiger partial charge < -0.3 is 10.1 Å². The number of likely N-dealkylation sites (N-methyl/N-ethyl adjacent to an activating group) is 1. The van der Waals surface area contributed by atoms with Crippen LogP contribution >= 0.6 is 11.6 Å². The fourth-order valence-corrected chi connectivity index (χ4v) is 4.12. The summed E-state index contributed by atoms with van der Waals surface area (Å²) in [6, 6.07) is 10.0. The van der Waals surface area contributed by atoms with Crippen molar-refractivity contribution >= 4 is 33.2 Å². The van der Waals surface area contributed by atoms with Crippen molar-refractivity contribution in [1.29, 1.82) is 0 Å². The van der Waals surface area contributed by atoms with Crippen LogP contribution in [0, 0.1) is 13.8 Å². The molecule has 1 N–H and O–H groups in total. The van der Waals surface area contributed by atoms with Crippen LogP contribution in [0.2, 0.25) is 5.02 Å². The number of nitrogens with one attached hydrogen (secondary N) is 1. The molecule has 2 aromatic carbocycles. The third-order valence-electron chi connectivity index (χ3n) is 4.01. The van der Waals surface area contributed by atoms with Crippen molar-refractivity contribution in [1.82, 2.24) is 4.31 Å². The van der Waals surface area contributed by atoms with E-state index in [1.807, 2.05) is 32.0 Å². The fourth-order valence-electron chi connectivity index (χ4n) is 2.60. The van der Waals surface area contributed by atoms with Crippen LogP contribution in [0.5, 0.6) is 5.75 Å². The molecule has 0 atom stereocenters. The quantitative estimate of drug-likeness (QED) is 0.756. The van der Waals surface area contributed by atoms with Crippen molar-refractivity contribution in [2.45, 2.75) is 25.7 Å². The Bertz CT molecular complexity index is 924. The maximum Gasteiger partial charge on any atom is 0.247 e. The third kappa shape index (κ3) is 5.00. The number of halogens is 1. The lowest BCUT2D eigenvalue weighted by Gasteiger charge is -2.20. The molecule has 0 aliphatic heterocycles. The zero-order valence-corrected chi connectivity index (χ0v) is 17.3. The van der Waals surface area contributed by atoms with Crippen LogP contribution in [-0.2, 0) is 14.8 Å². The third-order valence-corrected chi connectivity index (χ3v) is 6.07. The highest BCUT2D eigenvalue weighted by atomic mass is 35.5. The monoisotopic (exact) mass is 410 g/mol. The Morgan fingerprint density at radius 2 is 1.81 bits per heavy atom. The molecule has 0 unspecified atom stereocenters. The van der Waals surface area contributed by atoms with Crippen molar-refractivity contribution in [3.05, 3.63) is 52.5 Å². The lowest BCUT2D eigenvalue weighted by Crippen LogP contribution is -2.35. The second kappa shape index (κ2) is 8.73. The summed E-state index contributed by atoms with van der Waals surface area (Å²) in [6.45, 7) is 5.48. The van der Waals surface area contributed by atoms with Gasteiger partial charge >= 0.3 is 0 Å². The summed E-state index contributed by atoms with van der Waals surface area (Å²) >= 11 is 5.96. The van der Waals surface area contributed by atoms with E-state index < -0.39 is 15.9 Å². The van der Waals surface area contributed by atoms with Gasteiger partial charge in [-0.05, 0) is 50.1 Å². The van der Waals surface area contributed by atoms with E-state index in [1.54, 1.807) is 13.0 Å². The zero-order valence-electron chi connectivity index (χ0n) is 15.7. The molecule has 0 bridgehead atoms. The smallest absolute Gasteiger partial charge is 0.247 e. The van der Waals surface area contributed by atoms with Gasteiger partial charge in [0, 0.05) is 17.8 Å². The maximum absolute atomic E-state index is 12.9. The van der Waals surface area contributed by atoms with Gasteiger partial charge in [-0.1, -0.05) is 29.8 Å². The van der Waals surface area contributed by atoms with Crippen molar-refractivity contribution < 1.29 is 17.9 Å². The SMILES string of the molecule is CCOc1ccc(Cl)cc1S(=O)(=O)N(C)CC(=O)Nc1c(C)cccc1C. The molecule has 1 amide bonds. The number of hydrogen-bond donors (Lipinski definition) is 1.